The number of amidine groups is 1. The lowest BCUT2D eigenvalue weighted by molar-refractivity contribution is -0.121. The highest BCUT2D eigenvalue weighted by molar-refractivity contribution is 9.10. The van der Waals surface area contributed by atoms with Gasteiger partial charge in [0.25, 0.3) is 5.91 Å². The number of aliphatic imine (C=N–C) groups is 1. The first kappa shape index (κ1) is 22.1. The lowest BCUT2D eigenvalue weighted by Crippen LogP contribution is -2.23. The molecule has 1 saturated heterocycles. The van der Waals surface area contributed by atoms with Gasteiger partial charge in [0.05, 0.1) is 29.4 Å². The molecule has 1 amide bonds. The predicted molar refractivity (Wildman–Crippen MR) is 123 cm³/mol. The highest BCUT2D eigenvalue weighted by atomic mass is 79.9. The summed E-state index contributed by atoms with van der Waals surface area (Å²) in [5.74, 6) is 0.206. The molecule has 0 unspecified atom stereocenters. The van der Waals surface area contributed by atoms with Crippen LogP contribution < -0.4 is 4.74 Å². The van der Waals surface area contributed by atoms with Gasteiger partial charge in [0.2, 0.25) is 0 Å². The van der Waals surface area contributed by atoms with Crippen LogP contribution in [-0.4, -0.2) is 42.2 Å². The second-order valence-electron chi connectivity index (χ2n) is 6.25. The van der Waals surface area contributed by atoms with Crippen LogP contribution in [0.25, 0.3) is 6.08 Å². The van der Waals surface area contributed by atoms with Crippen LogP contribution in [0.1, 0.15) is 29.8 Å². The van der Waals surface area contributed by atoms with Crippen molar-refractivity contribution in [1.82, 2.24) is 4.90 Å². The largest absolute Gasteiger partial charge is 0.493 e. The molecule has 0 aromatic heterocycles. The number of thioether (sulfide) groups is 1. The van der Waals surface area contributed by atoms with Gasteiger partial charge in [-0.25, -0.2) is 9.79 Å². The van der Waals surface area contributed by atoms with E-state index in [0.29, 0.717) is 40.3 Å². The van der Waals surface area contributed by atoms with Gasteiger partial charge in [0.15, 0.2) is 5.17 Å². The van der Waals surface area contributed by atoms with Gasteiger partial charge in [0, 0.05) is 17.1 Å². The van der Waals surface area contributed by atoms with Gasteiger partial charge < -0.3 is 9.47 Å². The SMILES string of the molecule is CCOC(=O)c1ccc(N=C2SC(=Cc3cc(Br)ccc3OCC)C(=O)N2C)cc1. The van der Waals surface area contributed by atoms with Crippen LogP contribution in [0.3, 0.4) is 0 Å². The molecule has 0 radical (unpaired) electrons. The summed E-state index contributed by atoms with van der Waals surface area (Å²) >= 11 is 4.75. The first-order chi connectivity index (χ1) is 14.4. The minimum Gasteiger partial charge on any atom is -0.493 e. The van der Waals surface area contributed by atoms with Crippen LogP contribution >= 0.6 is 27.7 Å². The van der Waals surface area contributed by atoms with Crippen LogP contribution in [0.5, 0.6) is 5.75 Å². The molecule has 1 aliphatic heterocycles. The number of carbonyl (C=O) groups is 2. The minimum atomic E-state index is -0.372. The van der Waals surface area contributed by atoms with Crippen LogP contribution in [0.2, 0.25) is 0 Å². The second kappa shape index (κ2) is 9.95. The van der Waals surface area contributed by atoms with Gasteiger partial charge in [-0.2, -0.15) is 0 Å². The summed E-state index contributed by atoms with van der Waals surface area (Å²) in [6, 6.07) is 12.4. The molecule has 8 heteroatoms. The summed E-state index contributed by atoms with van der Waals surface area (Å²) in [5.41, 5.74) is 1.92. The van der Waals surface area contributed by atoms with E-state index in [-0.39, 0.29) is 11.9 Å². The number of halogens is 1. The Morgan fingerprint density at radius 2 is 1.90 bits per heavy atom. The molecule has 1 heterocycles. The number of ether oxygens (including phenoxy) is 2. The Kier molecular flexibility index (Phi) is 7.33. The van der Waals surface area contributed by atoms with Crippen molar-refractivity contribution in [3.8, 4) is 5.75 Å². The molecule has 1 fully saturated rings. The number of nitrogens with zero attached hydrogens (tertiary/aromatic N) is 2. The maximum Gasteiger partial charge on any atom is 0.338 e. The van der Waals surface area contributed by atoms with Crippen molar-refractivity contribution in [3.63, 3.8) is 0 Å². The summed E-state index contributed by atoms with van der Waals surface area (Å²) in [4.78, 5) is 31.1. The average molecular weight is 489 g/mol. The highest BCUT2D eigenvalue weighted by Crippen LogP contribution is 2.35. The van der Waals surface area contributed by atoms with E-state index in [1.165, 1.54) is 16.7 Å². The number of rotatable bonds is 6. The third kappa shape index (κ3) is 5.12. The van der Waals surface area contributed by atoms with Crippen molar-refractivity contribution < 1.29 is 19.1 Å². The maximum absolute atomic E-state index is 12.7. The summed E-state index contributed by atoms with van der Waals surface area (Å²) in [5, 5.41) is 0.558. The van der Waals surface area contributed by atoms with E-state index in [4.69, 9.17) is 9.47 Å². The topological polar surface area (TPSA) is 68.2 Å². The molecule has 0 N–H and O–H groups in total. The molecule has 30 heavy (non-hydrogen) atoms. The number of likely N-dealkylation sites (N-methyl/N-ethyl adjacent to an activating group) is 1. The Morgan fingerprint density at radius 1 is 1.17 bits per heavy atom. The first-order valence-corrected chi connectivity index (χ1v) is 11.0. The smallest absolute Gasteiger partial charge is 0.338 e. The molecule has 0 aliphatic carbocycles. The van der Waals surface area contributed by atoms with E-state index in [9.17, 15) is 9.59 Å². The Bertz CT molecular complexity index is 1020. The molecular formula is C22H21BrN2O4S. The van der Waals surface area contributed by atoms with E-state index in [1.54, 1.807) is 38.2 Å². The lowest BCUT2D eigenvalue weighted by Gasteiger charge is -2.08. The Morgan fingerprint density at radius 3 is 2.57 bits per heavy atom. The fourth-order valence-corrected chi connectivity index (χ4v) is 4.07. The van der Waals surface area contributed by atoms with Crippen molar-refractivity contribution in [1.29, 1.82) is 0 Å². The maximum atomic E-state index is 12.7. The van der Waals surface area contributed by atoms with Gasteiger partial charge in [-0.05, 0) is 74.1 Å². The summed E-state index contributed by atoms with van der Waals surface area (Å²) < 4.78 is 11.6. The monoisotopic (exact) mass is 488 g/mol. The molecule has 0 bridgehead atoms. The second-order valence-corrected chi connectivity index (χ2v) is 8.18. The summed E-state index contributed by atoms with van der Waals surface area (Å²) in [6.07, 6.45) is 1.81. The molecular weight excluding hydrogens is 468 g/mol. The van der Waals surface area contributed by atoms with Gasteiger partial charge in [-0.1, -0.05) is 15.9 Å². The van der Waals surface area contributed by atoms with Crippen molar-refractivity contribution >= 4 is 56.5 Å². The molecule has 0 atom stereocenters. The zero-order valence-electron chi connectivity index (χ0n) is 16.8. The standard InChI is InChI=1S/C22H21BrN2O4S/c1-4-28-18-11-8-16(23)12-15(18)13-19-20(26)25(3)22(30-19)24-17-9-6-14(7-10-17)21(27)29-5-2/h6-13H,4-5H2,1-3H3. The normalized spacial score (nSPS) is 16.4. The number of hydrogen-bond acceptors (Lipinski definition) is 6. The van der Waals surface area contributed by atoms with E-state index >= 15 is 0 Å². The molecule has 3 rings (SSSR count). The zero-order valence-corrected chi connectivity index (χ0v) is 19.2. The molecule has 2 aromatic rings. The van der Waals surface area contributed by atoms with Gasteiger partial charge in [-0.15, -0.1) is 0 Å². The first-order valence-electron chi connectivity index (χ1n) is 9.38. The fourth-order valence-electron chi connectivity index (χ4n) is 2.71. The van der Waals surface area contributed by atoms with Crippen LogP contribution in [0.15, 0.2) is 56.8 Å². The number of benzene rings is 2. The third-order valence-electron chi connectivity index (χ3n) is 4.17. The number of esters is 1. The molecule has 2 aromatic carbocycles. The summed E-state index contributed by atoms with van der Waals surface area (Å²) in [7, 11) is 1.69. The average Bonchev–Trinajstić information content (AvgIpc) is 2.98. The van der Waals surface area contributed by atoms with E-state index in [1.807, 2.05) is 31.2 Å². The molecule has 6 nitrogen and oxygen atoms in total. The van der Waals surface area contributed by atoms with E-state index in [2.05, 4.69) is 20.9 Å². The van der Waals surface area contributed by atoms with Gasteiger partial charge in [-0.3, -0.25) is 9.69 Å². The number of amides is 1. The number of carbonyl (C=O) groups excluding carboxylic acids is 2. The molecule has 0 saturated carbocycles. The lowest BCUT2D eigenvalue weighted by atomic mass is 10.2. The van der Waals surface area contributed by atoms with Crippen molar-refractivity contribution in [2.75, 3.05) is 20.3 Å². The highest BCUT2D eigenvalue weighted by Gasteiger charge is 2.30. The Balaban J connectivity index is 1.85. The zero-order chi connectivity index (χ0) is 21.7. The molecule has 1 aliphatic rings. The molecule has 156 valence electrons. The Hall–Kier alpha value is -2.58. The predicted octanol–water partition coefficient (Wildman–Crippen LogP) is 5.26. The van der Waals surface area contributed by atoms with E-state index in [0.717, 1.165) is 10.0 Å². The van der Waals surface area contributed by atoms with Crippen LogP contribution in [0.4, 0.5) is 5.69 Å². The fraction of sp³-hybridized carbons (Fsp3) is 0.227. The Labute approximate surface area is 188 Å². The van der Waals surface area contributed by atoms with Crippen molar-refractivity contribution in [3.05, 3.63) is 63.0 Å². The van der Waals surface area contributed by atoms with Crippen molar-refractivity contribution in [2.24, 2.45) is 4.99 Å². The third-order valence-corrected chi connectivity index (χ3v) is 5.72. The number of hydrogen-bond donors (Lipinski definition) is 0. The summed E-state index contributed by atoms with van der Waals surface area (Å²) in [6.45, 7) is 4.54. The van der Waals surface area contributed by atoms with Crippen molar-refractivity contribution in [2.45, 2.75) is 13.8 Å². The quantitative estimate of drug-likeness (QED) is 0.409. The molecule has 0 spiro atoms. The minimum absolute atomic E-state index is 0.135. The van der Waals surface area contributed by atoms with Crippen LogP contribution in [0, 0.1) is 0 Å². The van der Waals surface area contributed by atoms with E-state index < -0.39 is 0 Å². The van der Waals surface area contributed by atoms with Crippen LogP contribution in [-0.2, 0) is 9.53 Å². The van der Waals surface area contributed by atoms with Gasteiger partial charge >= 0.3 is 5.97 Å². The van der Waals surface area contributed by atoms with Gasteiger partial charge in [0.1, 0.15) is 5.75 Å².